The standard InChI is InChI=1S/C12H20N2O5/c1-11(2,3)19-10(17)14-7-8(13-18-5)6-12(14,4)9(15)16/h6-7H2,1-5H3,(H,15,16)/t12-/m0/s1. The predicted molar refractivity (Wildman–Crippen MR) is 68.0 cm³/mol. The first-order valence-electron chi connectivity index (χ1n) is 5.93. The topological polar surface area (TPSA) is 88.4 Å². The summed E-state index contributed by atoms with van der Waals surface area (Å²) in [7, 11) is 1.38. The molecule has 0 bridgehead atoms. The van der Waals surface area contributed by atoms with Crippen molar-refractivity contribution in [3.8, 4) is 0 Å². The summed E-state index contributed by atoms with van der Waals surface area (Å²) in [6.45, 7) is 6.73. The van der Waals surface area contributed by atoms with Gasteiger partial charge in [-0.05, 0) is 27.7 Å². The maximum absolute atomic E-state index is 12.1. The molecule has 1 saturated heterocycles. The number of carboxylic acids is 1. The molecule has 1 atom stereocenters. The lowest BCUT2D eigenvalue weighted by Gasteiger charge is -2.32. The Bertz CT molecular complexity index is 413. The zero-order valence-electron chi connectivity index (χ0n) is 11.9. The van der Waals surface area contributed by atoms with Crippen LogP contribution in [0.15, 0.2) is 5.16 Å². The van der Waals surface area contributed by atoms with Crippen LogP contribution >= 0.6 is 0 Å². The second-order valence-electron chi connectivity index (χ2n) is 5.66. The molecule has 0 radical (unpaired) electrons. The van der Waals surface area contributed by atoms with Gasteiger partial charge in [0.05, 0.1) is 12.3 Å². The van der Waals surface area contributed by atoms with E-state index < -0.39 is 23.2 Å². The Labute approximate surface area is 112 Å². The van der Waals surface area contributed by atoms with Crippen LogP contribution in [-0.4, -0.2) is 52.6 Å². The van der Waals surface area contributed by atoms with E-state index in [0.29, 0.717) is 5.71 Å². The van der Waals surface area contributed by atoms with Crippen LogP contribution in [-0.2, 0) is 14.4 Å². The summed E-state index contributed by atoms with van der Waals surface area (Å²) in [6, 6.07) is 0. The molecule has 0 aromatic heterocycles. The number of likely N-dealkylation sites (tertiary alicyclic amines) is 1. The van der Waals surface area contributed by atoms with Gasteiger partial charge in [0.25, 0.3) is 0 Å². The van der Waals surface area contributed by atoms with Crippen LogP contribution in [0.1, 0.15) is 34.1 Å². The fourth-order valence-corrected chi connectivity index (χ4v) is 1.87. The molecule has 1 heterocycles. The number of oxime groups is 1. The quantitative estimate of drug-likeness (QED) is 0.769. The second kappa shape index (κ2) is 5.07. The van der Waals surface area contributed by atoms with Gasteiger partial charge in [-0.3, -0.25) is 4.90 Å². The van der Waals surface area contributed by atoms with Crippen LogP contribution in [0.5, 0.6) is 0 Å². The van der Waals surface area contributed by atoms with Crippen molar-refractivity contribution in [2.45, 2.75) is 45.3 Å². The fourth-order valence-electron chi connectivity index (χ4n) is 1.87. The molecule has 19 heavy (non-hydrogen) atoms. The Morgan fingerprint density at radius 3 is 2.42 bits per heavy atom. The summed E-state index contributed by atoms with van der Waals surface area (Å²) in [4.78, 5) is 29.3. The summed E-state index contributed by atoms with van der Waals surface area (Å²) in [6.07, 6.45) is -0.547. The molecule has 1 N–H and O–H groups in total. The highest BCUT2D eigenvalue weighted by atomic mass is 16.6. The monoisotopic (exact) mass is 272 g/mol. The molecule has 0 aromatic rings. The van der Waals surface area contributed by atoms with E-state index >= 15 is 0 Å². The Morgan fingerprint density at radius 1 is 1.42 bits per heavy atom. The Kier molecular flexibility index (Phi) is 4.07. The number of rotatable bonds is 2. The van der Waals surface area contributed by atoms with E-state index in [9.17, 15) is 14.7 Å². The van der Waals surface area contributed by atoms with Crippen molar-refractivity contribution < 1.29 is 24.3 Å². The molecule has 1 aliphatic heterocycles. The van der Waals surface area contributed by atoms with E-state index in [-0.39, 0.29) is 13.0 Å². The lowest BCUT2D eigenvalue weighted by molar-refractivity contribution is -0.148. The van der Waals surface area contributed by atoms with E-state index in [2.05, 4.69) is 9.99 Å². The van der Waals surface area contributed by atoms with Gasteiger partial charge < -0.3 is 14.7 Å². The van der Waals surface area contributed by atoms with Crippen molar-refractivity contribution in [1.82, 2.24) is 4.90 Å². The molecule has 7 nitrogen and oxygen atoms in total. The third-order valence-corrected chi connectivity index (χ3v) is 2.78. The van der Waals surface area contributed by atoms with Gasteiger partial charge >= 0.3 is 12.1 Å². The Morgan fingerprint density at radius 2 is 2.00 bits per heavy atom. The smallest absolute Gasteiger partial charge is 0.411 e. The van der Waals surface area contributed by atoms with Crippen LogP contribution in [0.2, 0.25) is 0 Å². The summed E-state index contributed by atoms with van der Waals surface area (Å²) in [5.41, 5.74) is -1.55. The van der Waals surface area contributed by atoms with Crippen LogP contribution in [0.3, 0.4) is 0 Å². The van der Waals surface area contributed by atoms with Crippen LogP contribution < -0.4 is 0 Å². The Hall–Kier alpha value is -1.79. The molecule has 108 valence electrons. The van der Waals surface area contributed by atoms with Crippen molar-refractivity contribution in [2.75, 3.05) is 13.7 Å². The van der Waals surface area contributed by atoms with Gasteiger partial charge in [0.1, 0.15) is 18.2 Å². The Balaban J connectivity index is 2.99. The first-order chi connectivity index (χ1) is 8.60. The van der Waals surface area contributed by atoms with Gasteiger partial charge in [0.2, 0.25) is 0 Å². The number of amides is 1. The van der Waals surface area contributed by atoms with Gasteiger partial charge in [-0.2, -0.15) is 0 Å². The molecule has 0 saturated carbocycles. The minimum Gasteiger partial charge on any atom is -0.479 e. The number of ether oxygens (including phenoxy) is 1. The van der Waals surface area contributed by atoms with Crippen LogP contribution in [0.25, 0.3) is 0 Å². The molecule has 1 aliphatic rings. The first-order valence-corrected chi connectivity index (χ1v) is 5.93. The van der Waals surface area contributed by atoms with Crippen LogP contribution in [0.4, 0.5) is 4.79 Å². The predicted octanol–water partition coefficient (Wildman–Crippen LogP) is 1.47. The van der Waals surface area contributed by atoms with Gasteiger partial charge in [-0.15, -0.1) is 0 Å². The highest BCUT2D eigenvalue weighted by Gasteiger charge is 2.50. The average Bonchev–Trinajstić information content (AvgIpc) is 2.55. The maximum atomic E-state index is 12.1. The molecule has 1 rings (SSSR count). The molecule has 0 aliphatic carbocycles. The largest absolute Gasteiger partial charge is 0.479 e. The number of hydrogen-bond donors (Lipinski definition) is 1. The van der Waals surface area contributed by atoms with E-state index in [0.717, 1.165) is 0 Å². The first kappa shape index (κ1) is 15.3. The number of carbonyl (C=O) groups is 2. The molecular weight excluding hydrogens is 252 g/mol. The van der Waals surface area contributed by atoms with E-state index in [1.54, 1.807) is 20.8 Å². The van der Waals surface area contributed by atoms with Crippen molar-refractivity contribution in [3.63, 3.8) is 0 Å². The summed E-state index contributed by atoms with van der Waals surface area (Å²) >= 11 is 0. The SMILES string of the molecule is CON=C1CN(C(=O)OC(C)(C)C)[C@](C)(C(=O)O)C1. The van der Waals surface area contributed by atoms with Crippen molar-refractivity contribution in [1.29, 1.82) is 0 Å². The molecule has 1 amide bonds. The summed E-state index contributed by atoms with van der Waals surface area (Å²) in [5, 5.41) is 13.1. The number of aliphatic carboxylic acids is 1. The van der Waals surface area contributed by atoms with Gasteiger partial charge in [-0.25, -0.2) is 9.59 Å². The average molecular weight is 272 g/mol. The lowest BCUT2D eigenvalue weighted by atomic mass is 9.99. The molecule has 0 aromatic carbocycles. The maximum Gasteiger partial charge on any atom is 0.411 e. The van der Waals surface area contributed by atoms with Crippen molar-refractivity contribution in [2.24, 2.45) is 5.16 Å². The molecule has 0 unspecified atom stereocenters. The van der Waals surface area contributed by atoms with Gasteiger partial charge in [-0.1, -0.05) is 5.16 Å². The third kappa shape index (κ3) is 3.36. The minimum absolute atomic E-state index is 0.0888. The molecular formula is C12H20N2O5. The van der Waals surface area contributed by atoms with Crippen molar-refractivity contribution >= 4 is 17.8 Å². The third-order valence-electron chi connectivity index (χ3n) is 2.78. The molecule has 1 fully saturated rings. The number of nitrogens with zero attached hydrogens (tertiary/aromatic N) is 2. The normalized spacial score (nSPS) is 25.5. The number of carbonyl (C=O) groups excluding carboxylic acids is 1. The zero-order chi connectivity index (χ0) is 14.8. The fraction of sp³-hybridized carbons (Fsp3) is 0.750. The number of carboxylic acid groups (broad SMARTS) is 1. The summed E-state index contributed by atoms with van der Waals surface area (Å²) in [5.74, 6) is -1.10. The second-order valence-corrected chi connectivity index (χ2v) is 5.66. The number of hydrogen-bond acceptors (Lipinski definition) is 5. The van der Waals surface area contributed by atoms with Crippen LogP contribution in [0, 0.1) is 0 Å². The lowest BCUT2D eigenvalue weighted by Crippen LogP contribution is -2.52. The highest BCUT2D eigenvalue weighted by Crippen LogP contribution is 2.29. The zero-order valence-corrected chi connectivity index (χ0v) is 11.9. The van der Waals surface area contributed by atoms with Gasteiger partial charge in [0.15, 0.2) is 0 Å². The van der Waals surface area contributed by atoms with Gasteiger partial charge in [0, 0.05) is 6.42 Å². The highest BCUT2D eigenvalue weighted by molar-refractivity contribution is 6.00. The van der Waals surface area contributed by atoms with Crippen molar-refractivity contribution in [3.05, 3.63) is 0 Å². The van der Waals surface area contributed by atoms with E-state index in [4.69, 9.17) is 4.74 Å². The molecule has 0 spiro atoms. The van der Waals surface area contributed by atoms with E-state index in [1.807, 2.05) is 0 Å². The minimum atomic E-state index is -1.36. The molecule has 7 heteroatoms. The van der Waals surface area contributed by atoms with E-state index in [1.165, 1.54) is 18.9 Å². The summed E-state index contributed by atoms with van der Waals surface area (Å²) < 4.78 is 5.22.